The first-order valence-electron chi connectivity index (χ1n) is 1.40. The van der Waals surface area contributed by atoms with Gasteiger partial charge in [-0.15, -0.1) is 4.78 Å². The number of rotatable bonds is 2. The van der Waals surface area contributed by atoms with Crippen LogP contribution in [0.3, 0.4) is 0 Å². The van der Waals surface area contributed by atoms with Crippen LogP contribution in [0.25, 0.3) is 10.4 Å². The first kappa shape index (κ1) is 6.48. The first-order valence-corrected chi connectivity index (χ1v) is 5.29. The lowest BCUT2D eigenvalue weighted by Crippen LogP contribution is -1.82. The lowest BCUT2D eigenvalue weighted by Gasteiger charge is -1.62. The Kier molecular flexibility index (Phi) is 3.39. The summed E-state index contributed by atoms with van der Waals surface area (Å²) in [5.74, 6) is 0. The molecule has 0 bridgehead atoms. The summed E-state index contributed by atoms with van der Waals surface area (Å²) in [4.78, 5) is 2.28. The van der Waals surface area contributed by atoms with Crippen molar-refractivity contribution in [3.8, 4) is 0 Å². The van der Waals surface area contributed by atoms with Crippen LogP contribution in [0.4, 0.5) is 0 Å². The summed E-state index contributed by atoms with van der Waals surface area (Å²) in [5, 5.41) is 0. The molecule has 0 saturated heterocycles. The highest BCUT2D eigenvalue weighted by atomic mass is 32.4. The van der Waals surface area contributed by atoms with Gasteiger partial charge in [0.1, 0.15) is 10.2 Å². The van der Waals surface area contributed by atoms with Gasteiger partial charge in [0, 0.05) is 0 Å². The summed E-state index contributed by atoms with van der Waals surface area (Å²) >= 11 is 0. The Hall–Kier alpha value is -0.523. The van der Waals surface area contributed by atoms with Crippen molar-refractivity contribution in [1.29, 1.82) is 0 Å². The minimum Gasteiger partial charge on any atom is -0.240 e. The smallest absolute Gasteiger partial charge is 0.240 e. The number of thiol groups is 1. The molecule has 0 aliphatic heterocycles. The van der Waals surface area contributed by atoms with Crippen LogP contribution in [0.5, 0.6) is 0 Å². The van der Waals surface area contributed by atoms with Crippen LogP contribution in [-0.2, 0) is 10.2 Å². The van der Waals surface area contributed by atoms with Gasteiger partial charge < -0.3 is 0 Å². The highest BCUT2D eigenvalue weighted by Crippen LogP contribution is 1.62. The van der Waals surface area contributed by atoms with Gasteiger partial charge in [0.15, 0.2) is 0 Å². The first-order chi connectivity index (χ1) is 3.27. The molecule has 0 radical (unpaired) electrons. The van der Waals surface area contributed by atoms with Crippen molar-refractivity contribution in [2.24, 2.45) is 4.78 Å². The lowest BCUT2D eigenvalue weighted by atomic mass is 13.0. The fourth-order valence-electron chi connectivity index (χ4n) is 0.0799. The van der Waals surface area contributed by atoms with Gasteiger partial charge in [0.25, 0.3) is 8.83 Å². The van der Waals surface area contributed by atoms with E-state index in [4.69, 9.17) is 5.53 Å². The molecule has 0 aromatic carbocycles. The average molecular weight is 137 g/mol. The Balaban J connectivity index is 3.54. The molecule has 0 aromatic heterocycles. The van der Waals surface area contributed by atoms with Gasteiger partial charge in [0.05, 0.1) is 0 Å². The summed E-state index contributed by atoms with van der Waals surface area (Å²) in [5.41, 5.74) is 7.54. The summed E-state index contributed by atoms with van der Waals surface area (Å²) in [7, 11) is -3.88. The number of hydrogen-bond acceptors (Lipinski definition) is 3. The topological polar surface area (TPSA) is 82.9 Å². The largest absolute Gasteiger partial charge is 0.259 e. The zero-order valence-electron chi connectivity index (χ0n) is 3.31. The van der Waals surface area contributed by atoms with E-state index in [9.17, 15) is 8.42 Å². The molecule has 0 fully saturated rings. The van der Waals surface area contributed by atoms with E-state index in [1.807, 2.05) is 0 Å². The molecule has 0 N–H and O–H groups in total. The second-order valence-electron chi connectivity index (χ2n) is 0.705. The molecule has 0 amide bonds. The molecule has 7 heavy (non-hydrogen) atoms. The molecule has 0 spiro atoms. The molecule has 7 heteroatoms. The Labute approximate surface area is 43.5 Å². The minimum atomic E-state index is -2.39. The fourth-order valence-corrected chi connectivity index (χ4v) is 0.719. The van der Waals surface area contributed by atoms with E-state index in [1.54, 1.807) is 0 Å². The van der Waals surface area contributed by atoms with Crippen molar-refractivity contribution in [2.45, 2.75) is 0 Å². The third kappa shape index (κ3) is 5.48. The molecule has 0 rings (SSSR count). The van der Waals surface area contributed by atoms with Gasteiger partial charge in [-0.2, -0.15) is 0 Å². The molecule has 5 nitrogen and oxygen atoms in total. The molecule has 0 heterocycles. The predicted octanol–water partition coefficient (Wildman–Crippen LogP) is -1.09. The standard InChI is InChI=1S/H3N3O2SSi/c1-2-3-7-6(4)5/h6H,7H2. The summed E-state index contributed by atoms with van der Waals surface area (Å²) in [6.45, 7) is 0. The van der Waals surface area contributed by atoms with Crippen LogP contribution in [-0.4, -0.2) is 17.2 Å². The van der Waals surface area contributed by atoms with E-state index in [2.05, 4.69) is 9.69 Å². The maximum atomic E-state index is 9.59. The monoisotopic (exact) mass is 137 g/mol. The van der Waals surface area contributed by atoms with Gasteiger partial charge in [-0.25, -0.2) is 8.42 Å². The quantitative estimate of drug-likeness (QED) is 0.172. The number of azide groups is 1. The molecule has 0 aliphatic carbocycles. The summed E-state index contributed by atoms with van der Waals surface area (Å²) < 4.78 is 22.1. The van der Waals surface area contributed by atoms with Crippen LogP contribution < -0.4 is 0 Å². The molecule has 0 aromatic rings. The molecular weight excluding hydrogens is 134 g/mol. The zero-order valence-corrected chi connectivity index (χ0v) is 5.62. The summed E-state index contributed by atoms with van der Waals surface area (Å²) in [6, 6.07) is 0. The van der Waals surface area contributed by atoms with E-state index < -0.39 is 19.0 Å². The van der Waals surface area contributed by atoms with E-state index in [0.717, 1.165) is 0 Å². The lowest BCUT2D eigenvalue weighted by molar-refractivity contribution is 0.625. The molecule has 0 aliphatic rings. The van der Waals surface area contributed by atoms with Crippen LogP contribution in [0.2, 0.25) is 0 Å². The second-order valence-corrected chi connectivity index (χ2v) is 4.33. The zero-order chi connectivity index (χ0) is 5.70. The number of nitrogens with zero attached hydrogens (tertiary/aromatic N) is 3. The molecule has 0 unspecified atom stereocenters. The summed E-state index contributed by atoms with van der Waals surface area (Å²) in [6.07, 6.45) is 0. The van der Waals surface area contributed by atoms with E-state index >= 15 is 0 Å². The molecule has 40 valence electrons. The Morgan fingerprint density at radius 3 is 2.43 bits per heavy atom. The van der Waals surface area contributed by atoms with Crippen molar-refractivity contribution < 1.29 is 8.42 Å². The van der Waals surface area contributed by atoms with Crippen LogP contribution in [0, 0.1) is 0 Å². The van der Waals surface area contributed by atoms with Crippen molar-refractivity contribution in [3.05, 3.63) is 10.4 Å². The average Bonchev–Trinajstić information content (AvgIpc) is 1.61. The predicted molar refractivity (Wildman–Crippen MR) is 28.0 cm³/mol. The number of hydrogen-bond donors (Lipinski definition) is 1. The van der Waals surface area contributed by atoms with Gasteiger partial charge >= 0.3 is 0 Å². The molecule has 0 saturated carbocycles. The Bertz CT molecular complexity index is 146. The van der Waals surface area contributed by atoms with Gasteiger partial charge in [0.2, 0.25) is 0 Å². The Morgan fingerprint density at radius 1 is 1.71 bits per heavy atom. The minimum absolute atomic E-state index is 1.49. The Morgan fingerprint density at radius 2 is 2.29 bits per heavy atom. The molecular formula is H3N3O2SSi. The maximum Gasteiger partial charge on any atom is 0.259 e. The van der Waals surface area contributed by atoms with E-state index in [0.29, 0.717) is 0 Å². The van der Waals surface area contributed by atoms with Gasteiger partial charge in [-0.05, 0) is 10.4 Å². The second kappa shape index (κ2) is 3.66. The maximum absolute atomic E-state index is 9.59. The highest BCUT2D eigenvalue weighted by molar-refractivity contribution is 7.99. The van der Waals surface area contributed by atoms with E-state index in [-0.39, 0.29) is 0 Å². The highest BCUT2D eigenvalue weighted by Gasteiger charge is 1.77. The molecule has 0 atom stereocenters. The van der Waals surface area contributed by atoms with Crippen LogP contribution >= 0.6 is 0 Å². The van der Waals surface area contributed by atoms with Crippen molar-refractivity contribution in [1.82, 2.24) is 0 Å². The third-order valence-corrected chi connectivity index (χ3v) is 1.80. The normalized spacial score (nSPS) is 9.86. The SMILES string of the molecule is [N-]=[N+]=N[SiH2][SH](=O)=O. The van der Waals surface area contributed by atoms with Gasteiger partial charge in [-0.3, -0.25) is 0 Å². The van der Waals surface area contributed by atoms with Crippen molar-refractivity contribution >= 4 is 19.0 Å². The van der Waals surface area contributed by atoms with Crippen molar-refractivity contribution in [3.63, 3.8) is 0 Å². The van der Waals surface area contributed by atoms with Crippen molar-refractivity contribution in [2.75, 3.05) is 0 Å². The van der Waals surface area contributed by atoms with E-state index in [1.165, 1.54) is 0 Å². The van der Waals surface area contributed by atoms with Crippen LogP contribution in [0.15, 0.2) is 4.78 Å². The van der Waals surface area contributed by atoms with Gasteiger partial charge in [-0.1, -0.05) is 0 Å². The van der Waals surface area contributed by atoms with Crippen LogP contribution in [0.1, 0.15) is 0 Å². The third-order valence-electron chi connectivity index (χ3n) is 0.242. The fraction of sp³-hybridized carbons (Fsp3) is 0.